The van der Waals surface area contributed by atoms with Crippen LogP contribution in [0.5, 0.6) is 5.75 Å². The van der Waals surface area contributed by atoms with Crippen molar-refractivity contribution in [2.75, 3.05) is 5.73 Å². The number of para-hydroxylation sites is 1. The molecule has 0 aliphatic heterocycles. The van der Waals surface area contributed by atoms with Crippen molar-refractivity contribution in [3.63, 3.8) is 0 Å². The number of nitrogen functional groups attached to an aromatic ring is 1. The van der Waals surface area contributed by atoms with Crippen molar-refractivity contribution in [2.45, 2.75) is 20.1 Å². The van der Waals surface area contributed by atoms with E-state index in [1.807, 2.05) is 37.3 Å². The van der Waals surface area contributed by atoms with E-state index in [2.05, 4.69) is 5.10 Å². The third-order valence-corrected chi connectivity index (χ3v) is 2.40. The van der Waals surface area contributed by atoms with Crippen molar-refractivity contribution in [1.29, 1.82) is 0 Å². The van der Waals surface area contributed by atoms with E-state index in [0.717, 1.165) is 17.9 Å². The van der Waals surface area contributed by atoms with Crippen molar-refractivity contribution in [3.8, 4) is 5.75 Å². The molecule has 1 heterocycles. The molecular formula is C12H15N3O. The Hall–Kier alpha value is -1.97. The van der Waals surface area contributed by atoms with Crippen LogP contribution >= 0.6 is 0 Å². The van der Waals surface area contributed by atoms with Crippen LogP contribution < -0.4 is 10.5 Å². The summed E-state index contributed by atoms with van der Waals surface area (Å²) in [6.07, 6.45) is 1.75. The van der Waals surface area contributed by atoms with Crippen molar-refractivity contribution in [3.05, 3.63) is 42.1 Å². The fraction of sp³-hybridized carbons (Fsp3) is 0.250. The highest BCUT2D eigenvalue weighted by Gasteiger charge is 2.06. The molecule has 84 valence electrons. The molecule has 4 heteroatoms. The molecule has 0 spiro atoms. The van der Waals surface area contributed by atoms with Crippen LogP contribution in [0.3, 0.4) is 0 Å². The van der Waals surface area contributed by atoms with Crippen LogP contribution in [0.15, 0.2) is 36.5 Å². The van der Waals surface area contributed by atoms with Crippen LogP contribution in [-0.2, 0) is 13.2 Å². The van der Waals surface area contributed by atoms with Gasteiger partial charge < -0.3 is 10.5 Å². The Balaban J connectivity index is 2.02. The number of rotatable bonds is 4. The largest absolute Gasteiger partial charge is 0.489 e. The highest BCUT2D eigenvalue weighted by Crippen LogP contribution is 2.15. The Bertz CT molecular complexity index is 451. The smallest absolute Gasteiger partial charge is 0.128 e. The zero-order chi connectivity index (χ0) is 11.4. The van der Waals surface area contributed by atoms with Crippen LogP contribution in [0.2, 0.25) is 0 Å². The van der Waals surface area contributed by atoms with E-state index >= 15 is 0 Å². The molecule has 1 aromatic heterocycles. The Morgan fingerprint density at radius 3 is 2.69 bits per heavy atom. The molecule has 0 aliphatic rings. The standard InChI is InChI=1S/C12H15N3O/c1-2-15-12(13)10(8-14-15)9-16-11-6-4-3-5-7-11/h3-8H,2,9,13H2,1H3. The molecule has 0 bridgehead atoms. The van der Waals surface area contributed by atoms with Crippen LogP contribution in [0.1, 0.15) is 12.5 Å². The summed E-state index contributed by atoms with van der Waals surface area (Å²) in [7, 11) is 0. The maximum absolute atomic E-state index is 5.90. The molecule has 0 aliphatic carbocycles. The lowest BCUT2D eigenvalue weighted by Crippen LogP contribution is -2.04. The minimum absolute atomic E-state index is 0.454. The zero-order valence-electron chi connectivity index (χ0n) is 9.26. The van der Waals surface area contributed by atoms with E-state index < -0.39 is 0 Å². The summed E-state index contributed by atoms with van der Waals surface area (Å²) in [5, 5.41) is 4.16. The summed E-state index contributed by atoms with van der Waals surface area (Å²) in [4.78, 5) is 0. The van der Waals surface area contributed by atoms with E-state index in [4.69, 9.17) is 10.5 Å². The van der Waals surface area contributed by atoms with Gasteiger partial charge in [0.05, 0.1) is 11.8 Å². The molecule has 0 fully saturated rings. The van der Waals surface area contributed by atoms with Crippen molar-refractivity contribution in [1.82, 2.24) is 9.78 Å². The Morgan fingerprint density at radius 1 is 1.31 bits per heavy atom. The van der Waals surface area contributed by atoms with Gasteiger partial charge in [0.15, 0.2) is 0 Å². The maximum Gasteiger partial charge on any atom is 0.128 e. The lowest BCUT2D eigenvalue weighted by molar-refractivity contribution is 0.307. The lowest BCUT2D eigenvalue weighted by atomic mass is 10.3. The van der Waals surface area contributed by atoms with Crippen LogP contribution in [0.4, 0.5) is 5.82 Å². The summed E-state index contributed by atoms with van der Waals surface area (Å²) in [6.45, 7) is 3.23. The number of aryl methyl sites for hydroxylation is 1. The second-order valence-electron chi connectivity index (χ2n) is 3.47. The zero-order valence-corrected chi connectivity index (χ0v) is 9.26. The molecule has 0 radical (unpaired) electrons. The topological polar surface area (TPSA) is 53.1 Å². The Kier molecular flexibility index (Phi) is 3.10. The molecule has 2 rings (SSSR count). The minimum Gasteiger partial charge on any atom is -0.489 e. The summed E-state index contributed by atoms with van der Waals surface area (Å²) in [5.74, 6) is 1.52. The predicted octanol–water partition coefficient (Wildman–Crippen LogP) is 2.06. The second kappa shape index (κ2) is 4.70. The molecule has 0 unspecified atom stereocenters. The normalized spacial score (nSPS) is 10.3. The number of nitrogens with zero attached hydrogens (tertiary/aromatic N) is 2. The molecule has 0 saturated heterocycles. The molecule has 0 atom stereocenters. The molecule has 16 heavy (non-hydrogen) atoms. The molecule has 2 aromatic rings. The van der Waals surface area contributed by atoms with Gasteiger partial charge in [0.1, 0.15) is 18.2 Å². The number of benzene rings is 1. The average molecular weight is 217 g/mol. The minimum atomic E-state index is 0.454. The van der Waals surface area contributed by atoms with Gasteiger partial charge in [-0.2, -0.15) is 5.10 Å². The molecular weight excluding hydrogens is 202 g/mol. The van der Waals surface area contributed by atoms with E-state index in [9.17, 15) is 0 Å². The number of nitrogens with two attached hydrogens (primary N) is 1. The highest BCUT2D eigenvalue weighted by molar-refractivity contribution is 5.38. The predicted molar refractivity (Wildman–Crippen MR) is 63.1 cm³/mol. The molecule has 2 N–H and O–H groups in total. The molecule has 1 aromatic carbocycles. The first-order chi connectivity index (χ1) is 7.81. The van der Waals surface area contributed by atoms with Gasteiger partial charge in [-0.1, -0.05) is 18.2 Å². The molecule has 0 amide bonds. The van der Waals surface area contributed by atoms with Gasteiger partial charge in [-0.3, -0.25) is 4.68 Å². The van der Waals surface area contributed by atoms with E-state index in [1.165, 1.54) is 0 Å². The van der Waals surface area contributed by atoms with Gasteiger partial charge in [-0.05, 0) is 19.1 Å². The first-order valence-electron chi connectivity index (χ1n) is 5.29. The van der Waals surface area contributed by atoms with E-state index in [-0.39, 0.29) is 0 Å². The van der Waals surface area contributed by atoms with E-state index in [0.29, 0.717) is 12.4 Å². The van der Waals surface area contributed by atoms with Crippen LogP contribution in [0, 0.1) is 0 Å². The fourth-order valence-corrected chi connectivity index (χ4v) is 1.47. The quantitative estimate of drug-likeness (QED) is 0.852. The van der Waals surface area contributed by atoms with Crippen LogP contribution in [0.25, 0.3) is 0 Å². The third-order valence-electron chi connectivity index (χ3n) is 2.40. The first kappa shape index (κ1) is 10.5. The maximum atomic E-state index is 5.90. The number of hydrogen-bond acceptors (Lipinski definition) is 3. The number of ether oxygens (including phenoxy) is 1. The van der Waals surface area contributed by atoms with E-state index in [1.54, 1.807) is 10.9 Å². The molecule has 4 nitrogen and oxygen atoms in total. The first-order valence-corrected chi connectivity index (χ1v) is 5.29. The number of hydrogen-bond donors (Lipinski definition) is 1. The Morgan fingerprint density at radius 2 is 2.06 bits per heavy atom. The lowest BCUT2D eigenvalue weighted by Gasteiger charge is -2.05. The van der Waals surface area contributed by atoms with Gasteiger partial charge in [0, 0.05) is 6.54 Å². The van der Waals surface area contributed by atoms with Gasteiger partial charge >= 0.3 is 0 Å². The van der Waals surface area contributed by atoms with Gasteiger partial charge in [0.25, 0.3) is 0 Å². The summed E-state index contributed by atoms with van der Waals surface area (Å²) >= 11 is 0. The number of aromatic nitrogens is 2. The van der Waals surface area contributed by atoms with Crippen molar-refractivity contribution in [2.24, 2.45) is 0 Å². The van der Waals surface area contributed by atoms with Gasteiger partial charge in [0.2, 0.25) is 0 Å². The summed E-state index contributed by atoms with van der Waals surface area (Å²) in [5.41, 5.74) is 6.82. The highest BCUT2D eigenvalue weighted by atomic mass is 16.5. The summed E-state index contributed by atoms with van der Waals surface area (Å²) in [6, 6.07) is 9.67. The molecule has 0 saturated carbocycles. The second-order valence-corrected chi connectivity index (χ2v) is 3.47. The van der Waals surface area contributed by atoms with Crippen LogP contribution in [-0.4, -0.2) is 9.78 Å². The number of anilines is 1. The SMILES string of the molecule is CCn1ncc(COc2ccccc2)c1N. The van der Waals surface area contributed by atoms with Gasteiger partial charge in [-0.25, -0.2) is 0 Å². The Labute approximate surface area is 94.6 Å². The third kappa shape index (κ3) is 2.16. The van der Waals surface area contributed by atoms with Gasteiger partial charge in [-0.15, -0.1) is 0 Å². The monoisotopic (exact) mass is 217 g/mol. The van der Waals surface area contributed by atoms with Crippen molar-refractivity contribution < 1.29 is 4.74 Å². The van der Waals surface area contributed by atoms with Crippen molar-refractivity contribution >= 4 is 5.82 Å². The summed E-state index contributed by atoms with van der Waals surface area (Å²) < 4.78 is 7.35. The fourth-order valence-electron chi connectivity index (χ4n) is 1.47. The average Bonchev–Trinajstić information content (AvgIpc) is 2.69.